The zero-order valence-electron chi connectivity index (χ0n) is 13.9. The molecule has 2 aromatic rings. The summed E-state index contributed by atoms with van der Waals surface area (Å²) in [5.41, 5.74) is 1.33. The Balaban J connectivity index is 1.63. The lowest BCUT2D eigenvalue weighted by atomic mass is 10.2. The number of anilines is 1. The molecule has 1 heterocycles. The number of nitrogens with zero attached hydrogens (tertiary/aromatic N) is 1. The van der Waals surface area contributed by atoms with Crippen molar-refractivity contribution >= 4 is 29.1 Å². The van der Waals surface area contributed by atoms with E-state index in [0.29, 0.717) is 23.7 Å². The van der Waals surface area contributed by atoms with Crippen LogP contribution < -0.4 is 15.0 Å². The van der Waals surface area contributed by atoms with E-state index in [9.17, 15) is 9.59 Å². The first-order valence-corrected chi connectivity index (χ1v) is 8.54. The minimum Gasteiger partial charge on any atom is -0.494 e. The number of nitrogens with one attached hydrogen (secondary N) is 1. The van der Waals surface area contributed by atoms with E-state index in [1.165, 1.54) is 0 Å². The van der Waals surface area contributed by atoms with Crippen LogP contribution in [0.3, 0.4) is 0 Å². The smallest absolute Gasteiger partial charge is 0.251 e. The predicted octanol–water partition coefficient (Wildman–Crippen LogP) is 3.27. The van der Waals surface area contributed by atoms with Gasteiger partial charge in [-0.1, -0.05) is 11.6 Å². The molecule has 3 rings (SSSR count). The van der Waals surface area contributed by atoms with Crippen molar-refractivity contribution < 1.29 is 14.3 Å². The number of benzene rings is 2. The van der Waals surface area contributed by atoms with Crippen LogP contribution in [0.25, 0.3) is 0 Å². The summed E-state index contributed by atoms with van der Waals surface area (Å²) in [6.45, 7) is 2.97. The second kappa shape index (κ2) is 7.57. The molecule has 0 bridgehead atoms. The second-order valence-corrected chi connectivity index (χ2v) is 6.25. The van der Waals surface area contributed by atoms with Crippen LogP contribution in [0.15, 0.2) is 48.5 Å². The number of rotatable bonds is 5. The molecule has 0 saturated carbocycles. The Morgan fingerprint density at radius 3 is 2.52 bits per heavy atom. The fourth-order valence-corrected chi connectivity index (χ4v) is 2.94. The molecule has 1 saturated heterocycles. The molecule has 1 N–H and O–H groups in total. The van der Waals surface area contributed by atoms with Crippen LogP contribution in [-0.4, -0.2) is 31.0 Å². The number of hydrogen-bond acceptors (Lipinski definition) is 3. The highest BCUT2D eigenvalue weighted by molar-refractivity contribution is 6.30. The summed E-state index contributed by atoms with van der Waals surface area (Å²) in [5.74, 6) is 0.555. The third kappa shape index (κ3) is 4.12. The summed E-state index contributed by atoms with van der Waals surface area (Å²) in [5, 5.41) is 3.49. The normalized spacial score (nSPS) is 16.8. The van der Waals surface area contributed by atoms with Crippen LogP contribution in [0.1, 0.15) is 23.7 Å². The van der Waals surface area contributed by atoms with Gasteiger partial charge in [0.25, 0.3) is 5.91 Å². The number of amides is 2. The van der Waals surface area contributed by atoms with Crippen molar-refractivity contribution in [3.8, 4) is 5.75 Å². The van der Waals surface area contributed by atoms with Crippen molar-refractivity contribution in [2.45, 2.75) is 19.4 Å². The minimum absolute atomic E-state index is 0.00874. The monoisotopic (exact) mass is 358 g/mol. The number of hydrogen-bond donors (Lipinski definition) is 1. The molecule has 6 heteroatoms. The van der Waals surface area contributed by atoms with E-state index in [2.05, 4.69) is 5.32 Å². The zero-order chi connectivity index (χ0) is 17.8. The average Bonchev–Trinajstić information content (AvgIpc) is 2.96. The summed E-state index contributed by atoms with van der Waals surface area (Å²) < 4.78 is 5.41. The Morgan fingerprint density at radius 1 is 1.20 bits per heavy atom. The molecule has 2 amide bonds. The van der Waals surface area contributed by atoms with Crippen LogP contribution in [0.4, 0.5) is 5.69 Å². The third-order valence-electron chi connectivity index (χ3n) is 4.03. The van der Waals surface area contributed by atoms with Crippen molar-refractivity contribution in [2.24, 2.45) is 0 Å². The van der Waals surface area contributed by atoms with Gasteiger partial charge in [0.15, 0.2) is 0 Å². The van der Waals surface area contributed by atoms with E-state index in [-0.39, 0.29) is 24.3 Å². The first-order valence-electron chi connectivity index (χ1n) is 8.16. The highest BCUT2D eigenvalue weighted by atomic mass is 35.5. The van der Waals surface area contributed by atoms with Gasteiger partial charge < -0.3 is 15.0 Å². The Bertz CT molecular complexity index is 759. The summed E-state index contributed by atoms with van der Waals surface area (Å²) >= 11 is 5.83. The molecule has 25 heavy (non-hydrogen) atoms. The molecule has 2 aromatic carbocycles. The summed E-state index contributed by atoms with van der Waals surface area (Å²) in [7, 11) is 0. The van der Waals surface area contributed by atoms with Gasteiger partial charge >= 0.3 is 0 Å². The summed E-state index contributed by atoms with van der Waals surface area (Å²) in [6.07, 6.45) is 0.284. The number of carbonyl (C=O) groups excluding carboxylic acids is 2. The summed E-state index contributed by atoms with van der Waals surface area (Å²) in [6, 6.07) is 13.8. The average molecular weight is 359 g/mol. The molecule has 1 aliphatic rings. The number of carbonyl (C=O) groups is 2. The molecule has 1 atom stereocenters. The van der Waals surface area contributed by atoms with E-state index in [1.54, 1.807) is 29.2 Å². The van der Waals surface area contributed by atoms with Crippen molar-refractivity contribution in [3.63, 3.8) is 0 Å². The molecule has 1 fully saturated rings. The largest absolute Gasteiger partial charge is 0.494 e. The molecule has 130 valence electrons. The third-order valence-corrected chi connectivity index (χ3v) is 4.28. The van der Waals surface area contributed by atoms with Gasteiger partial charge in [-0.15, -0.1) is 0 Å². The van der Waals surface area contributed by atoms with Crippen LogP contribution >= 0.6 is 11.6 Å². The van der Waals surface area contributed by atoms with E-state index in [1.807, 2.05) is 31.2 Å². The molecule has 0 radical (unpaired) electrons. The quantitative estimate of drug-likeness (QED) is 0.892. The van der Waals surface area contributed by atoms with E-state index >= 15 is 0 Å². The van der Waals surface area contributed by atoms with Crippen LogP contribution in [0, 0.1) is 0 Å². The lowest BCUT2D eigenvalue weighted by molar-refractivity contribution is -0.117. The minimum atomic E-state index is -0.220. The lowest BCUT2D eigenvalue weighted by Gasteiger charge is -2.17. The van der Waals surface area contributed by atoms with E-state index in [4.69, 9.17) is 16.3 Å². The maximum Gasteiger partial charge on any atom is 0.251 e. The number of ether oxygens (including phenoxy) is 1. The van der Waals surface area contributed by atoms with Gasteiger partial charge in [0.05, 0.1) is 12.6 Å². The zero-order valence-corrected chi connectivity index (χ0v) is 14.6. The van der Waals surface area contributed by atoms with Crippen LogP contribution in [0.5, 0.6) is 5.75 Å². The Labute approximate surface area is 151 Å². The maximum absolute atomic E-state index is 12.3. The lowest BCUT2D eigenvalue weighted by Crippen LogP contribution is -2.37. The molecular formula is C19H19ClN2O3. The van der Waals surface area contributed by atoms with Crippen molar-refractivity contribution in [1.29, 1.82) is 0 Å². The molecule has 0 unspecified atom stereocenters. The van der Waals surface area contributed by atoms with Crippen molar-refractivity contribution in [2.75, 3.05) is 18.1 Å². The fraction of sp³-hybridized carbons (Fsp3) is 0.263. The highest BCUT2D eigenvalue weighted by Gasteiger charge is 2.31. The van der Waals surface area contributed by atoms with Gasteiger partial charge in [-0.05, 0) is 55.5 Å². The van der Waals surface area contributed by atoms with E-state index < -0.39 is 0 Å². The maximum atomic E-state index is 12.3. The van der Waals surface area contributed by atoms with Gasteiger partial charge in [-0.2, -0.15) is 0 Å². The molecule has 1 aliphatic heterocycles. The van der Waals surface area contributed by atoms with Crippen LogP contribution in [-0.2, 0) is 4.79 Å². The number of halogens is 1. The fourth-order valence-electron chi connectivity index (χ4n) is 2.81. The standard InChI is InChI=1S/C19H19ClN2O3/c1-2-25-17-9-7-16(8-10-17)22-12-15(11-18(22)23)21-19(24)13-3-5-14(20)6-4-13/h3-10,15H,2,11-12H2,1H3,(H,21,24)/t15-/m1/s1. The Kier molecular flexibility index (Phi) is 5.24. The second-order valence-electron chi connectivity index (χ2n) is 5.81. The SMILES string of the molecule is CCOc1ccc(N2C[C@H](NC(=O)c3ccc(Cl)cc3)CC2=O)cc1. The predicted molar refractivity (Wildman–Crippen MR) is 97.3 cm³/mol. The molecule has 5 nitrogen and oxygen atoms in total. The molecule has 0 aromatic heterocycles. The van der Waals surface area contributed by atoms with Gasteiger partial charge in [-0.3, -0.25) is 9.59 Å². The molecule has 0 aliphatic carbocycles. The first-order chi connectivity index (χ1) is 12.1. The van der Waals surface area contributed by atoms with Crippen LogP contribution in [0.2, 0.25) is 5.02 Å². The highest BCUT2D eigenvalue weighted by Crippen LogP contribution is 2.24. The molecule has 0 spiro atoms. The first kappa shape index (κ1) is 17.3. The summed E-state index contributed by atoms with van der Waals surface area (Å²) in [4.78, 5) is 26.2. The van der Waals surface area contributed by atoms with E-state index in [0.717, 1.165) is 11.4 Å². The molecular weight excluding hydrogens is 340 g/mol. The van der Waals surface area contributed by atoms with Gasteiger partial charge in [-0.25, -0.2) is 0 Å². The van der Waals surface area contributed by atoms with Gasteiger partial charge in [0, 0.05) is 29.2 Å². The van der Waals surface area contributed by atoms with Gasteiger partial charge in [0.2, 0.25) is 5.91 Å². The Hall–Kier alpha value is -2.53. The van der Waals surface area contributed by atoms with Crippen molar-refractivity contribution in [1.82, 2.24) is 5.32 Å². The Morgan fingerprint density at radius 2 is 1.88 bits per heavy atom. The van der Waals surface area contributed by atoms with Gasteiger partial charge in [0.1, 0.15) is 5.75 Å². The van der Waals surface area contributed by atoms with Crippen molar-refractivity contribution in [3.05, 3.63) is 59.1 Å². The topological polar surface area (TPSA) is 58.6 Å².